The van der Waals surface area contributed by atoms with Crippen molar-refractivity contribution in [2.75, 3.05) is 17.6 Å². The molecule has 1 saturated carbocycles. The summed E-state index contributed by atoms with van der Waals surface area (Å²) in [5, 5.41) is 0.973. The van der Waals surface area contributed by atoms with Crippen molar-refractivity contribution in [2.45, 2.75) is 43.9 Å². The summed E-state index contributed by atoms with van der Waals surface area (Å²) in [6.45, 7) is 0.895. The molecule has 1 aliphatic heterocycles. The van der Waals surface area contributed by atoms with Crippen molar-refractivity contribution < 1.29 is 4.79 Å². The Hall–Kier alpha value is -0.000000000000000167. The summed E-state index contributed by atoms with van der Waals surface area (Å²) in [6.07, 6.45) is 5.84. The zero-order valence-corrected chi connectivity index (χ0v) is 14.8. The number of carbonyl (C=O) groups is 1. The van der Waals surface area contributed by atoms with Crippen LogP contribution in [0.2, 0.25) is 0 Å². The zero-order valence-electron chi connectivity index (χ0n) is 11.6. The Balaban J connectivity index is 1.75. The predicted octanol–water partition coefficient (Wildman–Crippen LogP) is 4.32. The van der Waals surface area contributed by atoms with Gasteiger partial charge in [-0.2, -0.15) is 11.8 Å². The molecule has 1 aromatic rings. The SMILES string of the molecule is O=C(c1cc2c(s1)CCSC2)N(CCCBr)C1CCC1. The highest BCUT2D eigenvalue weighted by atomic mass is 79.9. The average molecular weight is 374 g/mol. The van der Waals surface area contributed by atoms with Crippen LogP contribution in [-0.4, -0.2) is 34.5 Å². The molecule has 2 nitrogen and oxygen atoms in total. The van der Waals surface area contributed by atoms with Crippen LogP contribution in [0.25, 0.3) is 0 Å². The second-order valence-electron chi connectivity index (χ2n) is 5.49. The summed E-state index contributed by atoms with van der Waals surface area (Å²) in [5.41, 5.74) is 1.41. The van der Waals surface area contributed by atoms with E-state index >= 15 is 0 Å². The molecule has 1 aromatic heterocycles. The first-order chi connectivity index (χ1) is 9.79. The van der Waals surface area contributed by atoms with Gasteiger partial charge in [-0.05, 0) is 49.5 Å². The number of halogens is 1. The lowest BCUT2D eigenvalue weighted by Crippen LogP contribution is -2.44. The Morgan fingerprint density at radius 2 is 2.30 bits per heavy atom. The molecule has 2 aliphatic rings. The van der Waals surface area contributed by atoms with Gasteiger partial charge in [0.05, 0.1) is 4.88 Å². The van der Waals surface area contributed by atoms with Crippen molar-refractivity contribution in [3.63, 3.8) is 0 Å². The van der Waals surface area contributed by atoms with Gasteiger partial charge in [-0.3, -0.25) is 4.79 Å². The summed E-state index contributed by atoms with van der Waals surface area (Å²) in [7, 11) is 0. The molecule has 2 heterocycles. The minimum atomic E-state index is 0.278. The van der Waals surface area contributed by atoms with Gasteiger partial charge in [0.15, 0.2) is 0 Å². The van der Waals surface area contributed by atoms with Gasteiger partial charge in [0.25, 0.3) is 5.91 Å². The van der Waals surface area contributed by atoms with E-state index in [0.717, 1.165) is 35.3 Å². The highest BCUT2D eigenvalue weighted by Crippen LogP contribution is 2.34. The smallest absolute Gasteiger partial charge is 0.264 e. The fourth-order valence-electron chi connectivity index (χ4n) is 2.77. The van der Waals surface area contributed by atoms with Crippen LogP contribution in [0.3, 0.4) is 0 Å². The number of aryl methyl sites for hydroxylation is 1. The molecule has 0 spiro atoms. The summed E-state index contributed by atoms with van der Waals surface area (Å²) in [6, 6.07) is 2.66. The van der Waals surface area contributed by atoms with E-state index in [0.29, 0.717) is 6.04 Å². The van der Waals surface area contributed by atoms with Crippen LogP contribution in [0, 0.1) is 0 Å². The third-order valence-electron chi connectivity index (χ3n) is 4.15. The summed E-state index contributed by atoms with van der Waals surface area (Å²) in [5.74, 6) is 2.57. The molecule has 5 heteroatoms. The number of alkyl halides is 1. The molecular weight excluding hydrogens is 354 g/mol. The Labute approximate surface area is 137 Å². The molecule has 20 heavy (non-hydrogen) atoms. The molecule has 0 atom stereocenters. The van der Waals surface area contributed by atoms with Crippen LogP contribution >= 0.6 is 39.0 Å². The predicted molar refractivity (Wildman–Crippen MR) is 91.3 cm³/mol. The van der Waals surface area contributed by atoms with Gasteiger partial charge < -0.3 is 4.90 Å². The van der Waals surface area contributed by atoms with Gasteiger partial charge in [-0.1, -0.05) is 15.9 Å². The van der Waals surface area contributed by atoms with E-state index in [9.17, 15) is 4.79 Å². The number of thiophene rings is 1. The maximum Gasteiger partial charge on any atom is 0.264 e. The van der Waals surface area contributed by atoms with E-state index < -0.39 is 0 Å². The standard InChI is InChI=1S/C15H20BrNOS2/c16-6-2-7-17(12-3-1-4-12)15(18)14-9-11-10-19-8-5-13(11)20-14/h9,12H,1-8,10H2. The van der Waals surface area contributed by atoms with Crippen molar-refractivity contribution in [1.82, 2.24) is 4.90 Å². The lowest BCUT2D eigenvalue weighted by molar-refractivity contribution is 0.0586. The molecule has 0 radical (unpaired) electrons. The number of thioether (sulfide) groups is 1. The number of hydrogen-bond donors (Lipinski definition) is 0. The van der Waals surface area contributed by atoms with Crippen LogP contribution in [0.1, 0.15) is 45.8 Å². The molecule has 0 unspecified atom stereocenters. The lowest BCUT2D eigenvalue weighted by atomic mass is 9.91. The topological polar surface area (TPSA) is 20.3 Å². The molecule has 0 saturated heterocycles. The minimum absolute atomic E-state index is 0.278. The number of hydrogen-bond acceptors (Lipinski definition) is 3. The Kier molecular flexibility index (Phi) is 5.10. The van der Waals surface area contributed by atoms with Crippen LogP contribution in [-0.2, 0) is 12.2 Å². The van der Waals surface area contributed by atoms with E-state index in [1.165, 1.54) is 35.5 Å². The number of amides is 1. The molecule has 0 bridgehead atoms. The van der Waals surface area contributed by atoms with Crippen LogP contribution in [0.5, 0.6) is 0 Å². The normalized spacial score (nSPS) is 18.4. The first-order valence-corrected chi connectivity index (χ1v) is 10.4. The maximum absolute atomic E-state index is 12.8. The van der Waals surface area contributed by atoms with Gasteiger partial charge in [0.2, 0.25) is 0 Å². The van der Waals surface area contributed by atoms with Crippen molar-refractivity contribution in [2.24, 2.45) is 0 Å². The molecule has 110 valence electrons. The van der Waals surface area contributed by atoms with Gasteiger partial charge >= 0.3 is 0 Å². The molecule has 0 aromatic carbocycles. The quantitative estimate of drug-likeness (QED) is 0.716. The Morgan fingerprint density at radius 1 is 1.45 bits per heavy atom. The van der Waals surface area contributed by atoms with E-state index in [1.54, 1.807) is 11.3 Å². The molecule has 1 aliphatic carbocycles. The highest BCUT2D eigenvalue weighted by molar-refractivity contribution is 9.09. The fourth-order valence-corrected chi connectivity index (χ4v) is 5.35. The molecule has 1 amide bonds. The highest BCUT2D eigenvalue weighted by Gasteiger charge is 2.30. The van der Waals surface area contributed by atoms with Crippen molar-refractivity contribution >= 4 is 44.9 Å². The summed E-state index contributed by atoms with van der Waals surface area (Å²) < 4.78 is 0. The van der Waals surface area contributed by atoms with E-state index in [4.69, 9.17) is 0 Å². The van der Waals surface area contributed by atoms with Gasteiger partial charge in [-0.25, -0.2) is 0 Å². The number of carbonyl (C=O) groups excluding carboxylic acids is 1. The van der Waals surface area contributed by atoms with E-state index in [1.807, 2.05) is 11.8 Å². The molecule has 1 fully saturated rings. The van der Waals surface area contributed by atoms with E-state index in [2.05, 4.69) is 26.9 Å². The second kappa shape index (κ2) is 6.84. The van der Waals surface area contributed by atoms with E-state index in [-0.39, 0.29) is 5.91 Å². The largest absolute Gasteiger partial charge is 0.335 e. The van der Waals surface area contributed by atoms with Crippen molar-refractivity contribution in [1.29, 1.82) is 0 Å². The molecule has 3 rings (SSSR count). The van der Waals surface area contributed by atoms with Gasteiger partial charge in [0, 0.05) is 28.5 Å². The monoisotopic (exact) mass is 373 g/mol. The molecular formula is C15H20BrNOS2. The van der Waals surface area contributed by atoms with Gasteiger partial charge in [0.1, 0.15) is 0 Å². The molecule has 0 N–H and O–H groups in total. The lowest BCUT2D eigenvalue weighted by Gasteiger charge is -2.37. The average Bonchev–Trinajstić information content (AvgIpc) is 2.84. The maximum atomic E-state index is 12.8. The third-order valence-corrected chi connectivity index (χ3v) is 6.94. The number of fused-ring (bicyclic) bond motifs is 1. The third kappa shape index (κ3) is 3.09. The van der Waals surface area contributed by atoms with Crippen LogP contribution in [0.4, 0.5) is 0 Å². The summed E-state index contributed by atoms with van der Waals surface area (Å²) in [4.78, 5) is 17.4. The van der Waals surface area contributed by atoms with Crippen LogP contribution < -0.4 is 0 Å². The number of nitrogens with zero attached hydrogens (tertiary/aromatic N) is 1. The zero-order chi connectivity index (χ0) is 13.9. The fraction of sp³-hybridized carbons (Fsp3) is 0.667. The second-order valence-corrected chi connectivity index (χ2v) is 8.52. The van der Waals surface area contributed by atoms with Crippen LogP contribution in [0.15, 0.2) is 6.07 Å². The van der Waals surface area contributed by atoms with Crippen molar-refractivity contribution in [3.05, 3.63) is 21.4 Å². The van der Waals surface area contributed by atoms with Gasteiger partial charge in [-0.15, -0.1) is 11.3 Å². The first-order valence-electron chi connectivity index (χ1n) is 7.36. The number of rotatable bonds is 5. The van der Waals surface area contributed by atoms with Crippen molar-refractivity contribution in [3.8, 4) is 0 Å². The Morgan fingerprint density at radius 3 is 2.95 bits per heavy atom. The Bertz CT molecular complexity index is 461. The minimum Gasteiger partial charge on any atom is -0.335 e. The first kappa shape index (κ1) is 14.9. The summed E-state index contributed by atoms with van der Waals surface area (Å²) >= 11 is 7.20.